The van der Waals surface area contributed by atoms with E-state index in [0.717, 1.165) is 11.1 Å². The number of hydrogen-bond acceptors (Lipinski definition) is 6. The van der Waals surface area contributed by atoms with E-state index in [0.29, 0.717) is 22.1 Å². The van der Waals surface area contributed by atoms with Crippen LogP contribution in [-0.2, 0) is 38.0 Å². The lowest BCUT2D eigenvalue weighted by atomic mass is 10.1. The first-order valence-electron chi connectivity index (χ1n) is 9.18. The van der Waals surface area contributed by atoms with Gasteiger partial charge < -0.3 is 4.74 Å². The Morgan fingerprint density at radius 3 is 2.09 bits per heavy atom. The molecule has 3 aromatic rings. The molecule has 1 aromatic heterocycles. The smallest absolute Gasteiger partial charge is 0.399 e. The molecular formula is C20H18BrF2N2O6P. The van der Waals surface area contributed by atoms with Crippen molar-refractivity contribution in [1.82, 2.24) is 9.13 Å². The number of aromatic nitrogens is 2. The highest BCUT2D eigenvalue weighted by Gasteiger charge is 2.29. The average Bonchev–Trinajstić information content (AvgIpc) is 3.14. The van der Waals surface area contributed by atoms with Crippen molar-refractivity contribution >= 4 is 29.5 Å². The highest BCUT2D eigenvalue weighted by atomic mass is 79.9. The number of rotatable bonds is 9. The zero-order valence-corrected chi connectivity index (χ0v) is 19.2. The molecule has 0 aliphatic carbocycles. The number of halogens is 3. The van der Waals surface area contributed by atoms with Crippen LogP contribution >= 0.6 is 23.5 Å². The first-order chi connectivity index (χ1) is 15.3. The number of methoxy groups -OCH3 is 1. The first-order valence-corrected chi connectivity index (χ1v) is 11.7. The molecule has 0 saturated heterocycles. The van der Waals surface area contributed by atoms with Crippen molar-refractivity contribution < 1.29 is 32.6 Å². The van der Waals surface area contributed by atoms with E-state index in [2.05, 4.69) is 30.1 Å². The van der Waals surface area contributed by atoms with Gasteiger partial charge in [0.2, 0.25) is 0 Å². The maximum absolute atomic E-state index is 12.7. The van der Waals surface area contributed by atoms with E-state index < -0.39 is 19.7 Å². The van der Waals surface area contributed by atoms with Crippen molar-refractivity contribution in [1.29, 1.82) is 0 Å². The molecule has 170 valence electrons. The number of benzene rings is 2. The minimum atomic E-state index is -4.51. The van der Waals surface area contributed by atoms with Gasteiger partial charge in [-0.25, -0.2) is 9.59 Å². The summed E-state index contributed by atoms with van der Waals surface area (Å²) in [7, 11) is -3.20. The molecule has 1 heterocycles. The third-order valence-electron chi connectivity index (χ3n) is 4.69. The maximum Gasteiger partial charge on any atom is 0.399 e. The van der Waals surface area contributed by atoms with Gasteiger partial charge in [-0.05, 0) is 43.9 Å². The number of esters is 1. The summed E-state index contributed by atoms with van der Waals surface area (Å²) in [5.41, 5.74) is 2.04. The van der Waals surface area contributed by atoms with Crippen molar-refractivity contribution in [2.45, 2.75) is 19.3 Å². The van der Waals surface area contributed by atoms with Crippen LogP contribution in [-0.4, -0.2) is 22.2 Å². The summed E-state index contributed by atoms with van der Waals surface area (Å²) in [6.07, 6.45) is 2.68. The van der Waals surface area contributed by atoms with E-state index in [1.54, 1.807) is 48.8 Å². The number of ether oxygens (including phenoxy) is 1. The fraction of sp³-hybridized carbons (Fsp3) is 0.200. The molecule has 3 rings (SSSR count). The molecular weight excluding hydrogens is 513 g/mol. The van der Waals surface area contributed by atoms with E-state index in [4.69, 9.17) is 0 Å². The molecule has 0 amide bonds. The van der Waals surface area contributed by atoms with Gasteiger partial charge in [0.25, 0.3) is 0 Å². The quantitative estimate of drug-likeness (QED) is 0.292. The SMILES string of the molecule is COC(=O)c1ccc(Cn2ccn(Cc3ccc(CP(=O)(OF)OF)c(Br)c3)c2=O)cc1. The van der Waals surface area contributed by atoms with Gasteiger partial charge >= 0.3 is 19.3 Å². The van der Waals surface area contributed by atoms with Crippen molar-refractivity contribution in [3.05, 3.63) is 92.1 Å². The third-order valence-corrected chi connectivity index (χ3v) is 6.58. The molecule has 2 aromatic carbocycles. The Kier molecular flexibility index (Phi) is 7.78. The zero-order valence-electron chi connectivity index (χ0n) is 16.7. The minimum Gasteiger partial charge on any atom is -0.465 e. The summed E-state index contributed by atoms with van der Waals surface area (Å²) in [5.74, 6) is -0.436. The monoisotopic (exact) mass is 530 g/mol. The number of nitrogens with zero attached hydrogens (tertiary/aromatic N) is 2. The van der Waals surface area contributed by atoms with E-state index in [1.165, 1.54) is 22.3 Å². The maximum atomic E-state index is 12.7. The van der Waals surface area contributed by atoms with E-state index in [-0.39, 0.29) is 12.2 Å². The Morgan fingerprint density at radius 2 is 1.56 bits per heavy atom. The number of imidazole rings is 1. The third kappa shape index (κ3) is 5.60. The predicted octanol–water partition coefficient (Wildman–Crippen LogP) is 4.79. The average molecular weight is 531 g/mol. The van der Waals surface area contributed by atoms with Crippen molar-refractivity contribution in [2.24, 2.45) is 0 Å². The van der Waals surface area contributed by atoms with Crippen LogP contribution in [0.5, 0.6) is 0 Å². The Labute approximate surface area is 189 Å². The van der Waals surface area contributed by atoms with Gasteiger partial charge in [-0.1, -0.05) is 40.2 Å². The normalized spacial score (nSPS) is 11.5. The summed E-state index contributed by atoms with van der Waals surface area (Å²) >= 11 is 3.26. The molecule has 0 fully saturated rings. The molecule has 0 unspecified atom stereocenters. The summed E-state index contributed by atoms with van der Waals surface area (Å²) in [6, 6.07) is 11.5. The molecule has 0 spiro atoms. The van der Waals surface area contributed by atoms with Crippen LogP contribution in [0.4, 0.5) is 9.05 Å². The molecule has 0 radical (unpaired) electrons. The first kappa shape index (κ1) is 24.1. The Balaban J connectivity index is 1.72. The van der Waals surface area contributed by atoms with Gasteiger partial charge in [0.05, 0.1) is 31.9 Å². The van der Waals surface area contributed by atoms with Crippen molar-refractivity contribution in [2.75, 3.05) is 7.11 Å². The number of carbonyl (C=O) groups is 1. The van der Waals surface area contributed by atoms with Gasteiger partial charge in [-0.15, -0.1) is 9.46 Å². The summed E-state index contributed by atoms with van der Waals surface area (Å²) in [5, 5.41) is 0. The van der Waals surface area contributed by atoms with Crippen LogP contribution in [0.1, 0.15) is 27.0 Å². The highest BCUT2D eigenvalue weighted by molar-refractivity contribution is 9.10. The molecule has 32 heavy (non-hydrogen) atoms. The molecule has 8 nitrogen and oxygen atoms in total. The van der Waals surface area contributed by atoms with Crippen LogP contribution in [0.25, 0.3) is 0 Å². The second kappa shape index (κ2) is 10.4. The highest BCUT2D eigenvalue weighted by Crippen LogP contribution is 2.52. The number of carbonyl (C=O) groups excluding carboxylic acids is 1. The van der Waals surface area contributed by atoms with E-state index in [1.807, 2.05) is 0 Å². The van der Waals surface area contributed by atoms with E-state index in [9.17, 15) is 23.2 Å². The van der Waals surface area contributed by atoms with Crippen molar-refractivity contribution in [3.63, 3.8) is 0 Å². The summed E-state index contributed by atoms with van der Waals surface area (Å²) in [6.45, 7) is 0.556. The van der Waals surface area contributed by atoms with Crippen LogP contribution in [0, 0.1) is 0 Å². The molecule has 0 aliphatic heterocycles. The predicted molar refractivity (Wildman–Crippen MR) is 115 cm³/mol. The lowest BCUT2D eigenvalue weighted by Gasteiger charge is -2.10. The topological polar surface area (TPSA) is 88.8 Å². The lowest BCUT2D eigenvalue weighted by molar-refractivity contribution is -0.0881. The molecule has 0 atom stereocenters. The van der Waals surface area contributed by atoms with Crippen LogP contribution in [0.2, 0.25) is 0 Å². The van der Waals surface area contributed by atoms with Gasteiger partial charge in [-0.3, -0.25) is 13.7 Å². The van der Waals surface area contributed by atoms with Crippen LogP contribution in [0.15, 0.2) is 64.1 Å². The second-order valence-electron chi connectivity index (χ2n) is 6.86. The standard InChI is InChI=1S/C20H18BrF2N2O6P/c1-29-19(26)16-5-2-14(3-6-16)11-24-8-9-25(20(24)27)12-15-4-7-17(18(21)10-15)13-32(28,30-22)31-23/h2-10H,11-13H2,1H3. The largest absolute Gasteiger partial charge is 0.465 e. The second-order valence-corrected chi connectivity index (χ2v) is 9.53. The molecule has 12 heteroatoms. The Bertz CT molecular complexity index is 1200. The molecule has 0 bridgehead atoms. The van der Waals surface area contributed by atoms with Gasteiger partial charge in [-0.2, -0.15) is 0 Å². The minimum absolute atomic E-state index is 0.239. The fourth-order valence-electron chi connectivity index (χ4n) is 3.04. The zero-order chi connectivity index (χ0) is 23.3. The molecule has 0 saturated carbocycles. The number of hydrogen-bond donors (Lipinski definition) is 0. The van der Waals surface area contributed by atoms with Gasteiger partial charge in [0, 0.05) is 16.9 Å². The molecule has 0 N–H and O–H groups in total. The molecule has 0 aliphatic rings. The summed E-state index contributed by atoms with van der Waals surface area (Å²) in [4.78, 5) is 24.2. The fourth-order valence-corrected chi connectivity index (χ4v) is 4.63. The lowest BCUT2D eigenvalue weighted by Crippen LogP contribution is -2.24. The Hall–Kier alpha value is -2.59. The van der Waals surface area contributed by atoms with Crippen LogP contribution < -0.4 is 5.69 Å². The van der Waals surface area contributed by atoms with Crippen molar-refractivity contribution in [3.8, 4) is 0 Å². The summed E-state index contributed by atoms with van der Waals surface area (Å²) < 4.78 is 50.6. The van der Waals surface area contributed by atoms with Crippen LogP contribution in [0.3, 0.4) is 0 Å². The van der Waals surface area contributed by atoms with E-state index >= 15 is 0 Å². The van der Waals surface area contributed by atoms with Gasteiger partial charge in [0.1, 0.15) is 0 Å². The van der Waals surface area contributed by atoms with Gasteiger partial charge in [0.15, 0.2) is 0 Å². The Morgan fingerprint density at radius 1 is 1.00 bits per heavy atom.